The fourth-order valence-electron chi connectivity index (χ4n) is 1.37. The van der Waals surface area contributed by atoms with E-state index in [2.05, 4.69) is 25.3 Å². The van der Waals surface area contributed by atoms with Gasteiger partial charge in [0.05, 0.1) is 4.92 Å². The maximum atomic E-state index is 11.2. The van der Waals surface area contributed by atoms with Gasteiger partial charge in [-0.2, -0.15) is 0 Å². The maximum absolute atomic E-state index is 11.2. The molecule has 0 bridgehead atoms. The van der Waals surface area contributed by atoms with Crippen molar-refractivity contribution in [3.05, 3.63) is 28.8 Å². The Balaban J connectivity index is 2.33. The van der Waals surface area contributed by atoms with Crippen LogP contribution in [-0.2, 0) is 0 Å². The van der Waals surface area contributed by atoms with E-state index < -0.39 is 4.92 Å². The zero-order valence-corrected chi connectivity index (χ0v) is 11.0. The second-order valence-electron chi connectivity index (χ2n) is 3.56. The zero-order valence-electron chi connectivity index (χ0n) is 10.2. The fourth-order valence-corrected chi connectivity index (χ4v) is 2.16. The molecule has 0 saturated carbocycles. The largest absolute Gasteiger partial charge is 0.364 e. The van der Waals surface area contributed by atoms with Crippen LogP contribution in [0.3, 0.4) is 0 Å². The fraction of sp³-hybridized carbons (Fsp3) is 0.300. The van der Waals surface area contributed by atoms with Gasteiger partial charge in [-0.1, -0.05) is 6.92 Å². The molecule has 0 aliphatic heterocycles. The molecule has 0 radical (unpaired) electrons. The standard InChI is InChI=1S/C10H12N6O2S/c1-2-3-11-8-7(16(17)18)9(15-6-14-8)19-10-12-4-5-13-10/h4-6H,2-3H2,1H3,(H,12,13)(H,11,14,15). The third kappa shape index (κ3) is 3.19. The number of hydrogen-bond donors (Lipinski definition) is 2. The number of imidazole rings is 1. The van der Waals surface area contributed by atoms with E-state index in [1.54, 1.807) is 12.4 Å². The number of nitrogens with one attached hydrogen (secondary N) is 2. The van der Waals surface area contributed by atoms with E-state index in [9.17, 15) is 10.1 Å². The molecular weight excluding hydrogens is 268 g/mol. The van der Waals surface area contributed by atoms with Crippen molar-refractivity contribution in [3.63, 3.8) is 0 Å². The van der Waals surface area contributed by atoms with Crippen molar-refractivity contribution in [3.8, 4) is 0 Å². The monoisotopic (exact) mass is 280 g/mol. The smallest absolute Gasteiger partial charge is 0.343 e. The number of H-pyrrole nitrogens is 1. The van der Waals surface area contributed by atoms with Crippen molar-refractivity contribution >= 4 is 23.3 Å². The van der Waals surface area contributed by atoms with Gasteiger partial charge in [0.1, 0.15) is 6.33 Å². The first kappa shape index (κ1) is 13.3. The first-order valence-corrected chi connectivity index (χ1v) is 6.44. The van der Waals surface area contributed by atoms with Crippen LogP contribution in [0.5, 0.6) is 0 Å². The molecule has 0 spiro atoms. The molecule has 0 saturated heterocycles. The van der Waals surface area contributed by atoms with Crippen molar-refractivity contribution in [2.45, 2.75) is 23.5 Å². The summed E-state index contributed by atoms with van der Waals surface area (Å²) in [6.45, 7) is 2.58. The molecule has 0 fully saturated rings. The lowest BCUT2D eigenvalue weighted by Gasteiger charge is -2.06. The third-order valence-electron chi connectivity index (χ3n) is 2.18. The molecule has 0 unspecified atom stereocenters. The Morgan fingerprint density at radius 2 is 2.32 bits per heavy atom. The van der Waals surface area contributed by atoms with Gasteiger partial charge < -0.3 is 10.3 Å². The molecule has 0 aliphatic carbocycles. The van der Waals surface area contributed by atoms with E-state index in [-0.39, 0.29) is 16.5 Å². The van der Waals surface area contributed by atoms with E-state index in [1.165, 1.54) is 6.33 Å². The minimum Gasteiger partial charge on any atom is -0.364 e. The minimum absolute atomic E-state index is 0.127. The Morgan fingerprint density at radius 3 is 2.95 bits per heavy atom. The first-order chi connectivity index (χ1) is 9.22. The first-order valence-electron chi connectivity index (χ1n) is 5.63. The molecule has 8 nitrogen and oxygen atoms in total. The van der Waals surface area contributed by atoms with Crippen LogP contribution in [0.25, 0.3) is 0 Å². The molecule has 2 rings (SSSR count). The van der Waals surface area contributed by atoms with Crippen LogP contribution < -0.4 is 5.32 Å². The SMILES string of the molecule is CCCNc1ncnc(Sc2ncc[nH]2)c1[N+](=O)[O-]. The average molecular weight is 280 g/mol. The maximum Gasteiger partial charge on any atom is 0.343 e. The van der Waals surface area contributed by atoms with Crippen LogP contribution in [0.15, 0.2) is 28.9 Å². The van der Waals surface area contributed by atoms with E-state index >= 15 is 0 Å². The average Bonchev–Trinajstić information content (AvgIpc) is 2.89. The quantitative estimate of drug-likeness (QED) is 0.473. The Bertz CT molecular complexity index is 559. The number of nitro groups is 1. The van der Waals surface area contributed by atoms with E-state index in [4.69, 9.17) is 0 Å². The summed E-state index contributed by atoms with van der Waals surface area (Å²) >= 11 is 1.10. The third-order valence-corrected chi connectivity index (χ3v) is 3.09. The van der Waals surface area contributed by atoms with Gasteiger partial charge in [0.2, 0.25) is 5.82 Å². The minimum atomic E-state index is -0.483. The number of aromatic nitrogens is 4. The van der Waals surface area contributed by atoms with Crippen LogP contribution >= 0.6 is 11.8 Å². The van der Waals surface area contributed by atoms with Crippen molar-refractivity contribution in [1.82, 2.24) is 19.9 Å². The molecule has 2 aromatic heterocycles. The molecule has 0 atom stereocenters. The van der Waals surface area contributed by atoms with E-state index in [1.807, 2.05) is 6.92 Å². The van der Waals surface area contributed by atoms with Crippen molar-refractivity contribution in [2.75, 3.05) is 11.9 Å². The number of aromatic amines is 1. The lowest BCUT2D eigenvalue weighted by molar-refractivity contribution is -0.387. The van der Waals surface area contributed by atoms with E-state index in [0.717, 1.165) is 18.2 Å². The Morgan fingerprint density at radius 1 is 1.47 bits per heavy atom. The summed E-state index contributed by atoms with van der Waals surface area (Å²) in [5.41, 5.74) is -0.127. The van der Waals surface area contributed by atoms with E-state index in [0.29, 0.717) is 11.7 Å². The van der Waals surface area contributed by atoms with Crippen LogP contribution in [0.4, 0.5) is 11.5 Å². The predicted molar refractivity (Wildman–Crippen MR) is 70.2 cm³/mol. The van der Waals surface area contributed by atoms with Crippen LogP contribution in [-0.4, -0.2) is 31.4 Å². The molecule has 0 amide bonds. The topological polar surface area (TPSA) is 110 Å². The molecular formula is C10H12N6O2S. The van der Waals surface area contributed by atoms with Gasteiger partial charge in [0, 0.05) is 18.9 Å². The summed E-state index contributed by atoms with van der Waals surface area (Å²) in [4.78, 5) is 25.4. The summed E-state index contributed by atoms with van der Waals surface area (Å²) < 4.78 is 0. The normalized spacial score (nSPS) is 10.4. The number of anilines is 1. The van der Waals surface area contributed by atoms with Crippen molar-refractivity contribution in [1.29, 1.82) is 0 Å². The summed E-state index contributed by atoms with van der Waals surface area (Å²) in [6.07, 6.45) is 5.37. The molecule has 100 valence electrons. The van der Waals surface area contributed by atoms with Crippen LogP contribution in [0, 0.1) is 10.1 Å². The molecule has 2 aromatic rings. The number of nitrogens with zero attached hydrogens (tertiary/aromatic N) is 4. The number of rotatable bonds is 6. The molecule has 2 N–H and O–H groups in total. The number of hydrogen-bond acceptors (Lipinski definition) is 7. The van der Waals surface area contributed by atoms with Crippen LogP contribution in [0.1, 0.15) is 13.3 Å². The van der Waals surface area contributed by atoms with Crippen LogP contribution in [0.2, 0.25) is 0 Å². The predicted octanol–water partition coefficient (Wildman–Crippen LogP) is 2.08. The molecule has 9 heteroatoms. The van der Waals surface area contributed by atoms with Gasteiger partial charge in [-0.15, -0.1) is 0 Å². The Hall–Kier alpha value is -2.16. The highest BCUT2D eigenvalue weighted by Crippen LogP contribution is 2.34. The summed E-state index contributed by atoms with van der Waals surface area (Å²) in [5, 5.41) is 14.9. The summed E-state index contributed by atoms with van der Waals surface area (Å²) in [6, 6.07) is 0. The van der Waals surface area contributed by atoms with Gasteiger partial charge in [-0.05, 0) is 18.2 Å². The molecule has 0 aromatic carbocycles. The molecule has 19 heavy (non-hydrogen) atoms. The van der Waals surface area contributed by atoms with Gasteiger partial charge in [0.15, 0.2) is 10.2 Å². The lowest BCUT2D eigenvalue weighted by atomic mass is 10.4. The second kappa shape index (κ2) is 6.14. The summed E-state index contributed by atoms with van der Waals surface area (Å²) in [5.74, 6) is 0.232. The van der Waals surface area contributed by atoms with Gasteiger partial charge in [-0.3, -0.25) is 10.1 Å². The van der Waals surface area contributed by atoms with Gasteiger partial charge >= 0.3 is 5.69 Å². The lowest BCUT2D eigenvalue weighted by Crippen LogP contribution is -2.07. The highest BCUT2D eigenvalue weighted by molar-refractivity contribution is 7.99. The second-order valence-corrected chi connectivity index (χ2v) is 4.53. The Kier molecular flexibility index (Phi) is 4.29. The van der Waals surface area contributed by atoms with Gasteiger partial charge in [-0.25, -0.2) is 15.0 Å². The molecule has 2 heterocycles. The highest BCUT2D eigenvalue weighted by Gasteiger charge is 2.23. The van der Waals surface area contributed by atoms with Crippen molar-refractivity contribution in [2.24, 2.45) is 0 Å². The van der Waals surface area contributed by atoms with Crippen molar-refractivity contribution < 1.29 is 4.92 Å². The highest BCUT2D eigenvalue weighted by atomic mass is 32.2. The molecule has 0 aliphatic rings. The summed E-state index contributed by atoms with van der Waals surface area (Å²) in [7, 11) is 0. The van der Waals surface area contributed by atoms with Gasteiger partial charge in [0.25, 0.3) is 0 Å². The Labute approximate surface area is 113 Å². The zero-order chi connectivity index (χ0) is 13.7.